The third kappa shape index (κ3) is 4.29. The molecule has 3 N–H and O–H groups in total. The van der Waals surface area contributed by atoms with Gasteiger partial charge in [0, 0.05) is 18.4 Å². The fraction of sp³-hybridized carbons (Fsp3) is 0.125. The van der Waals surface area contributed by atoms with Crippen LogP contribution in [-0.2, 0) is 4.84 Å². The highest BCUT2D eigenvalue weighted by molar-refractivity contribution is 5.91. The van der Waals surface area contributed by atoms with Crippen molar-refractivity contribution in [2.24, 2.45) is 0 Å². The average Bonchev–Trinajstić information content (AvgIpc) is 2.60. The van der Waals surface area contributed by atoms with Crippen molar-refractivity contribution in [2.75, 3.05) is 29.9 Å². The van der Waals surface area contributed by atoms with Crippen LogP contribution >= 0.6 is 0 Å². The number of nitrogens with zero attached hydrogens (tertiary/aromatic N) is 1. The monoisotopic (exact) mass is 331 g/mol. The van der Waals surface area contributed by atoms with E-state index in [1.165, 1.54) is 19.2 Å². The van der Waals surface area contributed by atoms with Crippen molar-refractivity contribution in [3.63, 3.8) is 0 Å². The summed E-state index contributed by atoms with van der Waals surface area (Å²) in [4.78, 5) is 28.1. The number of nitrogens with one attached hydrogen (secondary N) is 2. The number of carbonyl (C=O) groups excluding carboxylic acids is 1. The second-order valence-corrected chi connectivity index (χ2v) is 4.61. The number of hydrogen-bond donors (Lipinski definition) is 3. The largest absolute Gasteiger partial charge is 0.497 e. The van der Waals surface area contributed by atoms with Gasteiger partial charge >= 0.3 is 12.2 Å². The number of amides is 2. The first-order valence-electron chi connectivity index (χ1n) is 6.97. The van der Waals surface area contributed by atoms with Gasteiger partial charge in [-0.15, -0.1) is 5.06 Å². The third-order valence-corrected chi connectivity index (χ3v) is 3.07. The summed E-state index contributed by atoms with van der Waals surface area (Å²) < 4.78 is 5.01. The molecule has 2 aromatic carbocycles. The van der Waals surface area contributed by atoms with Gasteiger partial charge in [0.15, 0.2) is 0 Å². The molecule has 2 aromatic rings. The van der Waals surface area contributed by atoms with Gasteiger partial charge in [-0.2, -0.15) is 0 Å². The molecule has 0 saturated heterocycles. The maximum atomic E-state index is 11.9. The van der Waals surface area contributed by atoms with Gasteiger partial charge in [0.1, 0.15) is 5.75 Å². The smallest absolute Gasteiger partial charge is 0.445 e. The first-order valence-corrected chi connectivity index (χ1v) is 6.97. The summed E-state index contributed by atoms with van der Waals surface area (Å²) in [6, 6.07) is 12.9. The van der Waals surface area contributed by atoms with Crippen LogP contribution in [0.1, 0.15) is 0 Å². The van der Waals surface area contributed by atoms with E-state index in [2.05, 4.69) is 10.6 Å². The molecule has 2 amide bonds. The lowest BCUT2D eigenvalue weighted by Gasteiger charge is -2.18. The molecule has 0 heterocycles. The fourth-order valence-electron chi connectivity index (χ4n) is 1.86. The van der Waals surface area contributed by atoms with E-state index in [9.17, 15) is 14.7 Å². The molecule has 0 saturated carbocycles. The maximum absolute atomic E-state index is 11.9. The van der Waals surface area contributed by atoms with E-state index in [0.29, 0.717) is 16.5 Å². The zero-order chi connectivity index (χ0) is 17.5. The summed E-state index contributed by atoms with van der Waals surface area (Å²) >= 11 is 0. The predicted molar refractivity (Wildman–Crippen MR) is 89.6 cm³/mol. The first kappa shape index (κ1) is 16.9. The van der Waals surface area contributed by atoms with Gasteiger partial charge in [0.05, 0.1) is 12.8 Å². The molecular formula is C16H17N3O5. The number of benzene rings is 2. The minimum atomic E-state index is -1.42. The lowest BCUT2D eigenvalue weighted by atomic mass is 10.3. The lowest BCUT2D eigenvalue weighted by molar-refractivity contribution is 0.127. The number of rotatable bonds is 4. The van der Waals surface area contributed by atoms with E-state index in [0.717, 1.165) is 5.69 Å². The molecule has 126 valence electrons. The summed E-state index contributed by atoms with van der Waals surface area (Å²) in [7, 11) is 3.27. The van der Waals surface area contributed by atoms with Crippen molar-refractivity contribution >= 4 is 29.2 Å². The quantitative estimate of drug-likeness (QED) is 0.743. The number of hydrogen-bond acceptors (Lipinski definition) is 5. The molecule has 0 aliphatic carbocycles. The van der Waals surface area contributed by atoms with Crippen LogP contribution in [0, 0.1) is 0 Å². The zero-order valence-corrected chi connectivity index (χ0v) is 13.1. The number of ether oxygens (including phenoxy) is 1. The number of methoxy groups -OCH3 is 1. The second kappa shape index (κ2) is 7.73. The van der Waals surface area contributed by atoms with Gasteiger partial charge in [-0.1, -0.05) is 0 Å². The van der Waals surface area contributed by atoms with Crippen LogP contribution in [0.5, 0.6) is 5.75 Å². The Morgan fingerprint density at radius 2 is 1.58 bits per heavy atom. The van der Waals surface area contributed by atoms with Crippen LogP contribution in [0.25, 0.3) is 0 Å². The van der Waals surface area contributed by atoms with Crippen LogP contribution in [-0.4, -0.2) is 31.5 Å². The Morgan fingerprint density at radius 3 is 2.08 bits per heavy atom. The van der Waals surface area contributed by atoms with Gasteiger partial charge in [-0.3, -0.25) is 5.32 Å². The number of carbonyl (C=O) groups is 2. The van der Waals surface area contributed by atoms with E-state index < -0.39 is 12.2 Å². The molecule has 0 bridgehead atoms. The Bertz CT molecular complexity index is 701. The zero-order valence-electron chi connectivity index (χ0n) is 13.1. The molecule has 0 spiro atoms. The van der Waals surface area contributed by atoms with Crippen molar-refractivity contribution in [2.45, 2.75) is 0 Å². The van der Waals surface area contributed by atoms with Crippen LogP contribution in [0.2, 0.25) is 0 Å². The van der Waals surface area contributed by atoms with Crippen LogP contribution < -0.4 is 20.4 Å². The van der Waals surface area contributed by atoms with Crippen molar-refractivity contribution in [3.05, 3.63) is 48.5 Å². The maximum Gasteiger partial charge on any atom is 0.445 e. The SMILES string of the molecule is CNc1ccc(N(OC(=O)Nc2ccc(OC)cc2)C(=O)O)cc1. The highest BCUT2D eigenvalue weighted by Crippen LogP contribution is 2.19. The topological polar surface area (TPSA) is 100 Å². The van der Waals surface area contributed by atoms with E-state index in [-0.39, 0.29) is 5.69 Å². The normalized spacial score (nSPS) is 9.75. The summed E-state index contributed by atoms with van der Waals surface area (Å²) in [6.07, 6.45) is -2.35. The van der Waals surface area contributed by atoms with Crippen LogP contribution in [0.3, 0.4) is 0 Å². The molecule has 8 heteroatoms. The second-order valence-electron chi connectivity index (χ2n) is 4.61. The van der Waals surface area contributed by atoms with Gasteiger partial charge in [-0.25, -0.2) is 9.59 Å². The molecule has 0 radical (unpaired) electrons. The molecule has 0 atom stereocenters. The first-order chi connectivity index (χ1) is 11.5. The number of carboxylic acid groups (broad SMARTS) is 1. The molecule has 24 heavy (non-hydrogen) atoms. The predicted octanol–water partition coefficient (Wildman–Crippen LogP) is 3.39. The van der Waals surface area contributed by atoms with Gasteiger partial charge in [0.25, 0.3) is 0 Å². The molecular weight excluding hydrogens is 314 g/mol. The van der Waals surface area contributed by atoms with Gasteiger partial charge < -0.3 is 20.0 Å². The molecule has 0 aliphatic rings. The Morgan fingerprint density at radius 1 is 1.00 bits per heavy atom. The van der Waals surface area contributed by atoms with E-state index in [1.807, 2.05) is 0 Å². The summed E-state index contributed by atoms with van der Waals surface area (Å²) in [6.45, 7) is 0. The van der Waals surface area contributed by atoms with Gasteiger partial charge in [0.2, 0.25) is 0 Å². The lowest BCUT2D eigenvalue weighted by Crippen LogP contribution is -2.34. The van der Waals surface area contributed by atoms with E-state index in [1.54, 1.807) is 43.4 Å². The third-order valence-electron chi connectivity index (χ3n) is 3.07. The Hall–Kier alpha value is -3.42. The minimum Gasteiger partial charge on any atom is -0.497 e. The van der Waals surface area contributed by atoms with Crippen molar-refractivity contribution in [1.29, 1.82) is 0 Å². The summed E-state index contributed by atoms with van der Waals surface area (Å²) in [5.74, 6) is 0.630. The van der Waals surface area contributed by atoms with Crippen molar-refractivity contribution in [3.8, 4) is 5.75 Å². The highest BCUT2D eigenvalue weighted by Gasteiger charge is 2.20. The minimum absolute atomic E-state index is 0.200. The Kier molecular flexibility index (Phi) is 5.45. The summed E-state index contributed by atoms with van der Waals surface area (Å²) in [5, 5.41) is 15.1. The standard InChI is InChI=1S/C16H17N3O5/c1-17-11-3-7-13(8-4-11)19(16(21)22)24-15(20)18-12-5-9-14(23-2)10-6-12/h3-10,17H,1-2H3,(H,18,20)(H,21,22). The Balaban J connectivity index is 2.05. The van der Waals surface area contributed by atoms with Crippen molar-refractivity contribution < 1.29 is 24.3 Å². The van der Waals surface area contributed by atoms with Crippen LogP contribution in [0.4, 0.5) is 26.7 Å². The molecule has 2 rings (SSSR count). The highest BCUT2D eigenvalue weighted by atomic mass is 16.7. The molecule has 0 unspecified atom stereocenters. The molecule has 8 nitrogen and oxygen atoms in total. The van der Waals surface area contributed by atoms with E-state index >= 15 is 0 Å². The number of hydroxylamine groups is 1. The molecule has 0 aliphatic heterocycles. The molecule has 0 fully saturated rings. The summed E-state index contributed by atoms with van der Waals surface area (Å²) in [5.41, 5.74) is 1.44. The fourth-order valence-corrected chi connectivity index (χ4v) is 1.86. The van der Waals surface area contributed by atoms with Crippen molar-refractivity contribution in [1.82, 2.24) is 0 Å². The van der Waals surface area contributed by atoms with Crippen LogP contribution in [0.15, 0.2) is 48.5 Å². The average molecular weight is 331 g/mol. The Labute approximate surface area is 138 Å². The number of anilines is 3. The van der Waals surface area contributed by atoms with E-state index in [4.69, 9.17) is 9.57 Å². The molecule has 0 aromatic heterocycles. The van der Waals surface area contributed by atoms with Gasteiger partial charge in [-0.05, 0) is 48.5 Å².